The minimum absolute atomic E-state index is 0.0159. The zero-order valence-electron chi connectivity index (χ0n) is 20.7. The number of allylic oxidation sites excluding steroid dienone is 1. The van der Waals surface area contributed by atoms with Gasteiger partial charge in [0.15, 0.2) is 0 Å². The van der Waals surface area contributed by atoms with E-state index in [2.05, 4.69) is 0 Å². The van der Waals surface area contributed by atoms with Gasteiger partial charge in [0.2, 0.25) is 5.91 Å². The first-order valence-corrected chi connectivity index (χ1v) is 12.6. The number of hydrogen-bond donors (Lipinski definition) is 0. The number of carbonyl (C=O) groups excluding carboxylic acids is 2. The Hall–Kier alpha value is -2.87. The molecule has 2 heterocycles. The van der Waals surface area contributed by atoms with Gasteiger partial charge in [0.05, 0.1) is 24.8 Å². The van der Waals surface area contributed by atoms with Crippen molar-refractivity contribution in [2.24, 2.45) is 0 Å². The van der Waals surface area contributed by atoms with E-state index >= 15 is 0 Å². The second-order valence-electron chi connectivity index (χ2n) is 9.01. The Bertz CT molecular complexity index is 1080. The van der Waals surface area contributed by atoms with Gasteiger partial charge in [-0.2, -0.15) is 0 Å². The Labute approximate surface area is 216 Å². The molecule has 0 saturated carbocycles. The summed E-state index contributed by atoms with van der Waals surface area (Å²) in [6.45, 7) is 4.05. The first kappa shape index (κ1) is 26.2. The lowest BCUT2D eigenvalue weighted by Gasteiger charge is -2.35. The van der Waals surface area contributed by atoms with Gasteiger partial charge in [0, 0.05) is 36.8 Å². The van der Waals surface area contributed by atoms with Crippen LogP contribution in [0.5, 0.6) is 5.75 Å². The molecule has 7 nitrogen and oxygen atoms in total. The molecule has 0 bridgehead atoms. The zero-order chi connectivity index (χ0) is 25.5. The highest BCUT2D eigenvalue weighted by molar-refractivity contribution is 6.30. The summed E-state index contributed by atoms with van der Waals surface area (Å²) in [5, 5.41) is 0.598. The van der Waals surface area contributed by atoms with Gasteiger partial charge in [-0.05, 0) is 55.2 Å². The molecule has 0 N–H and O–H groups in total. The molecule has 36 heavy (non-hydrogen) atoms. The normalized spacial score (nSPS) is 20.1. The van der Waals surface area contributed by atoms with Gasteiger partial charge in [0.1, 0.15) is 19.0 Å². The average molecular weight is 514 g/mol. The first-order valence-electron chi connectivity index (χ1n) is 12.2. The molecule has 0 aromatic heterocycles. The van der Waals surface area contributed by atoms with Crippen LogP contribution in [-0.4, -0.2) is 56.4 Å². The fraction of sp³-hybridized carbons (Fsp3) is 0.429. The van der Waals surface area contributed by atoms with Crippen molar-refractivity contribution in [2.75, 3.05) is 33.5 Å². The van der Waals surface area contributed by atoms with Gasteiger partial charge >= 0.3 is 5.97 Å². The Morgan fingerprint density at radius 3 is 2.53 bits per heavy atom. The quantitative estimate of drug-likeness (QED) is 0.333. The van der Waals surface area contributed by atoms with E-state index in [1.165, 1.54) is 0 Å². The van der Waals surface area contributed by atoms with Crippen molar-refractivity contribution in [3.05, 3.63) is 76.0 Å². The van der Waals surface area contributed by atoms with Crippen molar-refractivity contribution in [3.8, 4) is 5.75 Å². The van der Waals surface area contributed by atoms with Crippen LogP contribution in [0.1, 0.15) is 43.2 Å². The van der Waals surface area contributed by atoms with Gasteiger partial charge in [-0.3, -0.25) is 4.79 Å². The highest BCUT2D eigenvalue weighted by Crippen LogP contribution is 2.38. The van der Waals surface area contributed by atoms with E-state index in [1.54, 1.807) is 24.1 Å². The smallest absolute Gasteiger partial charge is 0.336 e. The summed E-state index contributed by atoms with van der Waals surface area (Å²) in [6, 6.07) is 14.7. The molecule has 1 amide bonds. The Morgan fingerprint density at radius 2 is 1.86 bits per heavy atom. The maximum absolute atomic E-state index is 13.4. The molecule has 2 atom stereocenters. The number of carbonyl (C=O) groups is 2. The number of nitrogens with zero attached hydrogens (tertiary/aromatic N) is 1. The standard InChI is InChI=1S/C28H32ClNO6/c1-19-27(28(32)36-18-20-5-11-23(12-6-20)35-15-14-33-2)25(21-7-9-22(29)10-8-21)16-26(31)30(19)17-24-4-3-13-34-24/h5-12,24-25H,3-4,13-18H2,1-2H3. The fourth-order valence-corrected chi connectivity index (χ4v) is 4.75. The number of ether oxygens (including phenoxy) is 4. The van der Waals surface area contributed by atoms with Crippen molar-refractivity contribution in [2.45, 2.75) is 44.8 Å². The Morgan fingerprint density at radius 1 is 1.11 bits per heavy atom. The van der Waals surface area contributed by atoms with Crippen molar-refractivity contribution < 1.29 is 28.5 Å². The van der Waals surface area contributed by atoms with Crippen molar-refractivity contribution >= 4 is 23.5 Å². The van der Waals surface area contributed by atoms with E-state index in [0.29, 0.717) is 42.7 Å². The van der Waals surface area contributed by atoms with Gasteiger partial charge in [-0.25, -0.2) is 4.79 Å². The molecule has 0 radical (unpaired) electrons. The zero-order valence-corrected chi connectivity index (χ0v) is 21.5. The van der Waals surface area contributed by atoms with Crippen LogP contribution < -0.4 is 4.74 Å². The van der Waals surface area contributed by atoms with E-state index in [1.807, 2.05) is 43.3 Å². The fourth-order valence-electron chi connectivity index (χ4n) is 4.62. The number of halogens is 1. The molecule has 2 unspecified atom stereocenters. The number of hydrogen-bond acceptors (Lipinski definition) is 6. The SMILES string of the molecule is COCCOc1ccc(COC(=O)C2=C(C)N(CC3CCCO3)C(=O)CC2c2ccc(Cl)cc2)cc1. The molecule has 192 valence electrons. The van der Waals surface area contributed by atoms with Crippen LogP contribution in [-0.2, 0) is 30.4 Å². The summed E-state index contributed by atoms with van der Waals surface area (Å²) in [5.74, 6) is -0.139. The van der Waals surface area contributed by atoms with E-state index in [0.717, 1.165) is 29.7 Å². The van der Waals surface area contributed by atoms with E-state index < -0.39 is 11.9 Å². The molecule has 8 heteroatoms. The van der Waals surface area contributed by atoms with Crippen LogP contribution >= 0.6 is 11.6 Å². The molecule has 1 saturated heterocycles. The van der Waals surface area contributed by atoms with E-state index in [-0.39, 0.29) is 25.0 Å². The topological polar surface area (TPSA) is 74.3 Å². The van der Waals surface area contributed by atoms with Gasteiger partial charge in [0.25, 0.3) is 0 Å². The monoisotopic (exact) mass is 513 g/mol. The summed E-state index contributed by atoms with van der Waals surface area (Å²) >= 11 is 6.08. The van der Waals surface area contributed by atoms with Crippen LogP contribution in [0.15, 0.2) is 59.8 Å². The molecule has 2 aromatic carbocycles. The van der Waals surface area contributed by atoms with Crippen LogP contribution in [0.2, 0.25) is 5.02 Å². The maximum atomic E-state index is 13.4. The van der Waals surface area contributed by atoms with Gasteiger partial charge < -0.3 is 23.8 Å². The third-order valence-electron chi connectivity index (χ3n) is 6.57. The number of amides is 1. The lowest BCUT2D eigenvalue weighted by atomic mass is 9.83. The predicted molar refractivity (Wildman–Crippen MR) is 136 cm³/mol. The highest BCUT2D eigenvalue weighted by Gasteiger charge is 2.38. The molecular formula is C28H32ClNO6. The second-order valence-corrected chi connectivity index (χ2v) is 9.44. The first-order chi connectivity index (χ1) is 17.5. The van der Waals surface area contributed by atoms with Crippen LogP contribution in [0.4, 0.5) is 0 Å². The number of esters is 1. The van der Waals surface area contributed by atoms with Gasteiger partial charge in [-0.1, -0.05) is 35.9 Å². The maximum Gasteiger partial charge on any atom is 0.336 e. The minimum atomic E-state index is -0.433. The van der Waals surface area contributed by atoms with Crippen molar-refractivity contribution in [1.29, 1.82) is 0 Å². The Balaban J connectivity index is 1.52. The second kappa shape index (κ2) is 12.4. The van der Waals surface area contributed by atoms with Gasteiger partial charge in [-0.15, -0.1) is 0 Å². The lowest BCUT2D eigenvalue weighted by molar-refractivity contribution is -0.141. The summed E-state index contributed by atoms with van der Waals surface area (Å²) in [4.78, 5) is 28.3. The van der Waals surface area contributed by atoms with Crippen LogP contribution in [0.3, 0.4) is 0 Å². The van der Waals surface area contributed by atoms with Crippen LogP contribution in [0.25, 0.3) is 0 Å². The average Bonchev–Trinajstić information content (AvgIpc) is 3.39. The molecule has 2 aliphatic rings. The molecule has 0 spiro atoms. The van der Waals surface area contributed by atoms with Crippen molar-refractivity contribution in [3.63, 3.8) is 0 Å². The number of methoxy groups -OCH3 is 1. The predicted octanol–water partition coefficient (Wildman–Crippen LogP) is 4.88. The largest absolute Gasteiger partial charge is 0.491 e. The summed E-state index contributed by atoms with van der Waals surface area (Å²) in [7, 11) is 1.62. The molecule has 1 fully saturated rings. The third-order valence-corrected chi connectivity index (χ3v) is 6.83. The lowest BCUT2D eigenvalue weighted by Crippen LogP contribution is -2.42. The minimum Gasteiger partial charge on any atom is -0.491 e. The summed E-state index contributed by atoms with van der Waals surface area (Å²) in [5.41, 5.74) is 2.81. The molecular weight excluding hydrogens is 482 g/mol. The van der Waals surface area contributed by atoms with Crippen LogP contribution in [0, 0.1) is 0 Å². The Kier molecular flexibility index (Phi) is 9.02. The summed E-state index contributed by atoms with van der Waals surface area (Å²) < 4.78 is 22.1. The number of rotatable bonds is 10. The molecule has 2 aromatic rings. The summed E-state index contributed by atoms with van der Waals surface area (Å²) in [6.07, 6.45) is 2.05. The highest BCUT2D eigenvalue weighted by atomic mass is 35.5. The van der Waals surface area contributed by atoms with E-state index in [9.17, 15) is 9.59 Å². The van der Waals surface area contributed by atoms with E-state index in [4.69, 9.17) is 30.5 Å². The third kappa shape index (κ3) is 6.46. The molecule has 4 rings (SSSR count). The number of benzene rings is 2. The van der Waals surface area contributed by atoms with Crippen molar-refractivity contribution in [1.82, 2.24) is 4.90 Å². The molecule has 0 aliphatic carbocycles. The molecule has 2 aliphatic heterocycles.